The smallest absolute Gasteiger partial charge is 0.0646 e. The lowest BCUT2D eigenvalue weighted by Crippen LogP contribution is -2.06. The molecule has 106 valence electrons. The Bertz CT molecular complexity index is 583. The standard InChI is InChI=1S/C18H24N2/c1-12(2)10-17-18(19-5)16(11-14(4)20-17)15-8-6-13(3)7-9-15/h6-9,11-12,19H,10H2,1-5H3. The molecule has 1 heterocycles. The molecule has 0 fully saturated rings. The number of hydrogen-bond donors (Lipinski definition) is 1. The van der Waals surface area contributed by atoms with Crippen LogP contribution in [0.25, 0.3) is 11.1 Å². The molecule has 0 spiro atoms. The van der Waals surface area contributed by atoms with E-state index in [-0.39, 0.29) is 0 Å². The summed E-state index contributed by atoms with van der Waals surface area (Å²) in [6, 6.07) is 10.9. The first-order valence-electron chi connectivity index (χ1n) is 7.26. The lowest BCUT2D eigenvalue weighted by atomic mass is 9.98. The Labute approximate surface area is 122 Å². The molecule has 0 aliphatic rings. The Morgan fingerprint density at radius 1 is 1.10 bits per heavy atom. The van der Waals surface area contributed by atoms with Crippen molar-refractivity contribution in [2.45, 2.75) is 34.1 Å². The average Bonchev–Trinajstić information content (AvgIpc) is 2.38. The summed E-state index contributed by atoms with van der Waals surface area (Å²) in [6.07, 6.45) is 0.997. The predicted octanol–water partition coefficient (Wildman–Crippen LogP) is 4.61. The van der Waals surface area contributed by atoms with Crippen molar-refractivity contribution in [2.75, 3.05) is 12.4 Å². The first kappa shape index (κ1) is 14.6. The van der Waals surface area contributed by atoms with Crippen LogP contribution < -0.4 is 5.32 Å². The number of nitrogens with one attached hydrogen (secondary N) is 1. The van der Waals surface area contributed by atoms with E-state index in [2.05, 4.69) is 63.3 Å². The van der Waals surface area contributed by atoms with E-state index in [1.165, 1.54) is 16.7 Å². The van der Waals surface area contributed by atoms with E-state index in [4.69, 9.17) is 4.98 Å². The summed E-state index contributed by atoms with van der Waals surface area (Å²) < 4.78 is 0. The topological polar surface area (TPSA) is 24.9 Å². The maximum Gasteiger partial charge on any atom is 0.0646 e. The highest BCUT2D eigenvalue weighted by molar-refractivity contribution is 5.79. The van der Waals surface area contributed by atoms with Gasteiger partial charge in [0.25, 0.3) is 0 Å². The van der Waals surface area contributed by atoms with Crippen LogP contribution in [0.3, 0.4) is 0 Å². The first-order chi connectivity index (χ1) is 9.51. The lowest BCUT2D eigenvalue weighted by molar-refractivity contribution is 0.635. The van der Waals surface area contributed by atoms with Gasteiger partial charge in [0.2, 0.25) is 0 Å². The molecule has 2 nitrogen and oxygen atoms in total. The predicted molar refractivity (Wildman–Crippen MR) is 87.2 cm³/mol. The Morgan fingerprint density at radius 2 is 1.75 bits per heavy atom. The van der Waals surface area contributed by atoms with Gasteiger partial charge in [-0.1, -0.05) is 43.7 Å². The van der Waals surface area contributed by atoms with Crippen LogP contribution in [-0.4, -0.2) is 12.0 Å². The number of aromatic nitrogens is 1. The summed E-state index contributed by atoms with van der Waals surface area (Å²) in [4.78, 5) is 4.73. The highest BCUT2D eigenvalue weighted by atomic mass is 14.9. The maximum atomic E-state index is 4.73. The van der Waals surface area contributed by atoms with E-state index >= 15 is 0 Å². The van der Waals surface area contributed by atoms with Crippen LogP contribution in [0.1, 0.15) is 30.8 Å². The molecule has 2 heteroatoms. The van der Waals surface area contributed by atoms with E-state index < -0.39 is 0 Å². The molecule has 0 saturated carbocycles. The van der Waals surface area contributed by atoms with E-state index in [9.17, 15) is 0 Å². The van der Waals surface area contributed by atoms with Crippen molar-refractivity contribution >= 4 is 5.69 Å². The van der Waals surface area contributed by atoms with Crippen LogP contribution in [-0.2, 0) is 6.42 Å². The normalized spacial score (nSPS) is 10.9. The maximum absolute atomic E-state index is 4.73. The van der Waals surface area contributed by atoms with Crippen molar-refractivity contribution < 1.29 is 0 Å². The zero-order chi connectivity index (χ0) is 14.7. The zero-order valence-electron chi connectivity index (χ0n) is 13.1. The summed E-state index contributed by atoms with van der Waals surface area (Å²) in [5.74, 6) is 0.599. The van der Waals surface area contributed by atoms with Gasteiger partial charge in [0.1, 0.15) is 0 Å². The highest BCUT2D eigenvalue weighted by Crippen LogP contribution is 2.32. The van der Waals surface area contributed by atoms with E-state index in [0.29, 0.717) is 5.92 Å². The van der Waals surface area contributed by atoms with E-state index in [0.717, 1.165) is 23.5 Å². The van der Waals surface area contributed by atoms with Crippen LogP contribution in [0.4, 0.5) is 5.69 Å². The van der Waals surface area contributed by atoms with E-state index in [1.54, 1.807) is 0 Å². The Kier molecular flexibility index (Phi) is 4.43. The van der Waals surface area contributed by atoms with Gasteiger partial charge in [-0.25, -0.2) is 0 Å². The third kappa shape index (κ3) is 3.19. The monoisotopic (exact) mass is 268 g/mol. The minimum absolute atomic E-state index is 0.599. The number of hydrogen-bond acceptors (Lipinski definition) is 2. The molecule has 1 N–H and O–H groups in total. The SMILES string of the molecule is CNc1c(-c2ccc(C)cc2)cc(C)nc1CC(C)C. The molecule has 0 radical (unpaired) electrons. The fourth-order valence-corrected chi connectivity index (χ4v) is 2.51. The average molecular weight is 268 g/mol. The van der Waals surface area contributed by atoms with Gasteiger partial charge < -0.3 is 5.32 Å². The minimum Gasteiger partial charge on any atom is -0.386 e. The van der Waals surface area contributed by atoms with Crippen molar-refractivity contribution in [3.63, 3.8) is 0 Å². The molecule has 1 aromatic carbocycles. The van der Waals surface area contributed by atoms with Crippen LogP contribution >= 0.6 is 0 Å². The Morgan fingerprint density at radius 3 is 2.30 bits per heavy atom. The largest absolute Gasteiger partial charge is 0.386 e. The summed E-state index contributed by atoms with van der Waals surface area (Å²) in [7, 11) is 1.98. The Balaban J connectivity index is 2.56. The van der Waals surface area contributed by atoms with Crippen LogP contribution in [0.2, 0.25) is 0 Å². The molecule has 0 aliphatic carbocycles. The number of aryl methyl sites for hydroxylation is 2. The van der Waals surface area contributed by atoms with Crippen molar-refractivity contribution in [1.29, 1.82) is 0 Å². The van der Waals surface area contributed by atoms with Crippen LogP contribution in [0.15, 0.2) is 30.3 Å². The van der Waals surface area contributed by atoms with Gasteiger partial charge in [0, 0.05) is 18.3 Å². The molecule has 0 atom stereocenters. The van der Waals surface area contributed by atoms with Crippen molar-refractivity contribution in [3.8, 4) is 11.1 Å². The third-order valence-corrected chi connectivity index (χ3v) is 3.44. The van der Waals surface area contributed by atoms with E-state index in [1.807, 2.05) is 7.05 Å². The van der Waals surface area contributed by atoms with Crippen LogP contribution in [0.5, 0.6) is 0 Å². The highest BCUT2D eigenvalue weighted by Gasteiger charge is 2.13. The second-order valence-electron chi connectivity index (χ2n) is 5.85. The van der Waals surface area contributed by atoms with Gasteiger partial charge in [-0.05, 0) is 37.8 Å². The number of rotatable bonds is 4. The second-order valence-corrected chi connectivity index (χ2v) is 5.85. The molecule has 2 aromatic rings. The van der Waals surface area contributed by atoms with Crippen molar-refractivity contribution in [2.24, 2.45) is 5.92 Å². The van der Waals surface area contributed by atoms with Gasteiger partial charge in [0.05, 0.1) is 11.4 Å². The van der Waals surface area contributed by atoms with Gasteiger partial charge >= 0.3 is 0 Å². The Hall–Kier alpha value is -1.83. The summed E-state index contributed by atoms with van der Waals surface area (Å²) in [5, 5.41) is 3.35. The lowest BCUT2D eigenvalue weighted by Gasteiger charge is -2.16. The molecule has 0 bridgehead atoms. The number of benzene rings is 1. The first-order valence-corrected chi connectivity index (χ1v) is 7.26. The summed E-state index contributed by atoms with van der Waals surface area (Å²) in [5.41, 5.74) is 7.18. The second kappa shape index (κ2) is 6.08. The molecule has 20 heavy (non-hydrogen) atoms. The quantitative estimate of drug-likeness (QED) is 0.876. The summed E-state index contributed by atoms with van der Waals surface area (Å²) >= 11 is 0. The van der Waals surface area contributed by atoms with Crippen molar-refractivity contribution in [1.82, 2.24) is 4.98 Å². The molecular weight excluding hydrogens is 244 g/mol. The fourth-order valence-electron chi connectivity index (χ4n) is 2.51. The van der Waals surface area contributed by atoms with Gasteiger partial charge in [-0.15, -0.1) is 0 Å². The molecule has 0 aliphatic heterocycles. The molecular formula is C18H24N2. The molecule has 0 unspecified atom stereocenters. The third-order valence-electron chi connectivity index (χ3n) is 3.44. The van der Waals surface area contributed by atoms with Crippen molar-refractivity contribution in [3.05, 3.63) is 47.3 Å². The fraction of sp³-hybridized carbons (Fsp3) is 0.389. The molecule has 0 amide bonds. The molecule has 0 saturated heterocycles. The van der Waals surface area contributed by atoms with Gasteiger partial charge in [0.15, 0.2) is 0 Å². The van der Waals surface area contributed by atoms with Gasteiger partial charge in [-0.3, -0.25) is 4.98 Å². The zero-order valence-corrected chi connectivity index (χ0v) is 13.1. The minimum atomic E-state index is 0.599. The molecule has 1 aromatic heterocycles. The number of nitrogens with zero attached hydrogens (tertiary/aromatic N) is 1. The number of anilines is 1. The van der Waals surface area contributed by atoms with Crippen LogP contribution in [0, 0.1) is 19.8 Å². The number of pyridine rings is 1. The summed E-state index contributed by atoms with van der Waals surface area (Å²) in [6.45, 7) is 8.65. The van der Waals surface area contributed by atoms with Gasteiger partial charge in [-0.2, -0.15) is 0 Å². The molecule has 2 rings (SSSR count).